The van der Waals surface area contributed by atoms with Crippen LogP contribution in [0.25, 0.3) is 0 Å². The molecule has 1 aromatic rings. The normalized spacial score (nSPS) is 21.9. The number of anilines is 3. The van der Waals surface area contributed by atoms with E-state index >= 15 is 0 Å². The van der Waals surface area contributed by atoms with Gasteiger partial charge in [0.2, 0.25) is 5.95 Å². The molecule has 0 radical (unpaired) electrons. The minimum atomic E-state index is -0.979. The molecule has 2 heterocycles. The Morgan fingerprint density at radius 1 is 1.53 bits per heavy atom. The summed E-state index contributed by atoms with van der Waals surface area (Å²) in [5, 5.41) is 24.7. The molecule has 8 nitrogen and oxygen atoms in total. The number of aliphatic hydroxyl groups is 2. The van der Waals surface area contributed by atoms with Gasteiger partial charge >= 0.3 is 0 Å². The van der Waals surface area contributed by atoms with Crippen LogP contribution in [-0.4, -0.2) is 45.0 Å². The number of rotatable bonds is 2. The summed E-state index contributed by atoms with van der Waals surface area (Å²) in [6, 6.07) is -0.464. The first-order valence-corrected chi connectivity index (χ1v) is 5.25. The van der Waals surface area contributed by atoms with Crippen molar-refractivity contribution in [1.82, 2.24) is 9.97 Å². The van der Waals surface area contributed by atoms with Crippen molar-refractivity contribution in [1.29, 1.82) is 0 Å². The second kappa shape index (κ2) is 4.22. The number of fused-ring (bicyclic) bond motifs is 1. The molecule has 0 amide bonds. The van der Waals surface area contributed by atoms with Gasteiger partial charge in [-0.15, -0.1) is 0 Å². The molecule has 1 aromatic heterocycles. The number of aromatic amines is 1. The topological polar surface area (TPSA) is 136 Å². The number of nitrogens with one attached hydrogen (secondary N) is 3. The zero-order valence-electron chi connectivity index (χ0n) is 9.27. The number of aromatic nitrogens is 2. The number of hydrogen-bond acceptors (Lipinski definition) is 7. The van der Waals surface area contributed by atoms with E-state index in [1.165, 1.54) is 6.92 Å². The Kier molecular flexibility index (Phi) is 2.90. The van der Waals surface area contributed by atoms with Crippen LogP contribution in [0.5, 0.6) is 0 Å². The number of nitrogens with zero attached hydrogens (tertiary/aromatic N) is 1. The van der Waals surface area contributed by atoms with E-state index < -0.39 is 23.8 Å². The molecule has 0 aliphatic carbocycles. The van der Waals surface area contributed by atoms with Crippen LogP contribution in [0.15, 0.2) is 4.79 Å². The van der Waals surface area contributed by atoms with Crippen LogP contribution >= 0.6 is 0 Å². The van der Waals surface area contributed by atoms with Gasteiger partial charge in [-0.2, -0.15) is 4.98 Å². The van der Waals surface area contributed by atoms with Gasteiger partial charge in [-0.25, -0.2) is 0 Å². The number of H-pyrrole nitrogens is 1. The van der Waals surface area contributed by atoms with Crippen LogP contribution in [-0.2, 0) is 0 Å². The molecule has 1 aliphatic heterocycles. The maximum atomic E-state index is 11.6. The van der Waals surface area contributed by atoms with E-state index in [4.69, 9.17) is 5.73 Å². The van der Waals surface area contributed by atoms with E-state index in [2.05, 4.69) is 20.6 Å². The largest absolute Gasteiger partial charge is 0.391 e. The van der Waals surface area contributed by atoms with Gasteiger partial charge in [-0.3, -0.25) is 9.78 Å². The summed E-state index contributed by atoms with van der Waals surface area (Å²) in [5.74, 6) is 0.373. The third-order valence-electron chi connectivity index (χ3n) is 2.66. The molecule has 0 spiro atoms. The molecular formula is C9H15N5O3. The zero-order chi connectivity index (χ0) is 12.6. The van der Waals surface area contributed by atoms with Gasteiger partial charge in [-0.05, 0) is 6.92 Å². The highest BCUT2D eigenvalue weighted by atomic mass is 16.3. The van der Waals surface area contributed by atoms with E-state index in [9.17, 15) is 15.0 Å². The summed E-state index contributed by atoms with van der Waals surface area (Å²) in [4.78, 5) is 17.9. The van der Waals surface area contributed by atoms with Gasteiger partial charge in [0.05, 0.1) is 12.1 Å². The quantitative estimate of drug-likeness (QED) is 0.363. The summed E-state index contributed by atoms with van der Waals surface area (Å²) in [6.07, 6.45) is -1.87. The smallest absolute Gasteiger partial charge is 0.277 e. The Bertz CT molecular complexity index is 472. The monoisotopic (exact) mass is 241 g/mol. The fraction of sp³-hybridized carbons (Fsp3) is 0.556. The molecular weight excluding hydrogens is 226 g/mol. The fourth-order valence-electron chi connectivity index (χ4n) is 1.74. The van der Waals surface area contributed by atoms with E-state index in [1.807, 2.05) is 0 Å². The van der Waals surface area contributed by atoms with Crippen molar-refractivity contribution in [2.75, 3.05) is 22.9 Å². The van der Waals surface area contributed by atoms with Gasteiger partial charge in [0.1, 0.15) is 11.8 Å². The van der Waals surface area contributed by atoms with E-state index in [0.29, 0.717) is 12.4 Å². The highest BCUT2D eigenvalue weighted by Gasteiger charge is 2.29. The molecule has 17 heavy (non-hydrogen) atoms. The summed E-state index contributed by atoms with van der Waals surface area (Å²) < 4.78 is 0. The summed E-state index contributed by atoms with van der Waals surface area (Å²) >= 11 is 0. The second-order valence-electron chi connectivity index (χ2n) is 4.04. The van der Waals surface area contributed by atoms with E-state index in [1.54, 1.807) is 0 Å². The molecule has 0 aromatic carbocycles. The second-order valence-corrected chi connectivity index (χ2v) is 4.04. The highest BCUT2D eigenvalue weighted by molar-refractivity contribution is 5.67. The van der Waals surface area contributed by atoms with Crippen LogP contribution in [0.3, 0.4) is 0 Å². The lowest BCUT2D eigenvalue weighted by molar-refractivity contribution is 0.0214. The first-order valence-electron chi connectivity index (χ1n) is 5.25. The number of nitrogens with two attached hydrogens (primary N) is 1. The zero-order valence-corrected chi connectivity index (χ0v) is 9.27. The van der Waals surface area contributed by atoms with Crippen molar-refractivity contribution in [2.45, 2.75) is 25.2 Å². The van der Waals surface area contributed by atoms with Crippen LogP contribution in [0.2, 0.25) is 0 Å². The molecule has 2 rings (SSSR count). The van der Waals surface area contributed by atoms with E-state index in [-0.39, 0.29) is 11.6 Å². The lowest BCUT2D eigenvalue weighted by atomic mass is 10.0. The Morgan fingerprint density at radius 3 is 2.88 bits per heavy atom. The SMILES string of the molecule is C[C@@H](O)[C@H](O)[C@H]1CNc2nc(N)[nH]c(=O)c2N1. The van der Waals surface area contributed by atoms with Crippen LogP contribution in [0.4, 0.5) is 17.5 Å². The lowest BCUT2D eigenvalue weighted by Crippen LogP contribution is -2.48. The van der Waals surface area contributed by atoms with Crippen molar-refractivity contribution in [3.8, 4) is 0 Å². The van der Waals surface area contributed by atoms with Crippen molar-refractivity contribution >= 4 is 17.5 Å². The Balaban J connectivity index is 2.27. The number of nitrogen functional groups attached to an aromatic ring is 1. The molecule has 0 unspecified atom stereocenters. The lowest BCUT2D eigenvalue weighted by Gasteiger charge is -2.31. The molecule has 1 aliphatic rings. The van der Waals surface area contributed by atoms with Gasteiger partial charge < -0.3 is 26.6 Å². The minimum Gasteiger partial charge on any atom is -0.391 e. The molecule has 0 saturated heterocycles. The third kappa shape index (κ3) is 2.17. The van der Waals surface area contributed by atoms with Crippen LogP contribution in [0.1, 0.15) is 6.92 Å². The molecule has 7 N–H and O–H groups in total. The summed E-state index contributed by atoms with van der Waals surface area (Å²) in [6.45, 7) is 1.82. The Morgan fingerprint density at radius 2 is 2.24 bits per heavy atom. The Labute approximate surface area is 96.9 Å². The van der Waals surface area contributed by atoms with Gasteiger partial charge in [-0.1, -0.05) is 0 Å². The average Bonchev–Trinajstić information content (AvgIpc) is 2.27. The predicted octanol–water partition coefficient (Wildman–Crippen LogP) is -1.70. The first kappa shape index (κ1) is 11.7. The van der Waals surface area contributed by atoms with Gasteiger partial charge in [0, 0.05) is 6.54 Å². The van der Waals surface area contributed by atoms with Crippen molar-refractivity contribution in [3.05, 3.63) is 10.4 Å². The predicted molar refractivity (Wildman–Crippen MR) is 62.9 cm³/mol. The minimum absolute atomic E-state index is 0.0255. The average molecular weight is 241 g/mol. The molecule has 3 atom stereocenters. The van der Waals surface area contributed by atoms with Crippen LogP contribution < -0.4 is 21.9 Å². The molecule has 0 bridgehead atoms. The standard InChI is InChI=1S/C9H15N5O3/c1-3(15)6(16)4-2-11-7-5(12-4)8(17)14-9(10)13-7/h3-4,6,12,15-16H,2H2,1H3,(H4,10,11,13,14,17)/t3-,4-,6+/m1/s1. The third-order valence-corrected chi connectivity index (χ3v) is 2.66. The van der Waals surface area contributed by atoms with Gasteiger partial charge in [0.15, 0.2) is 5.82 Å². The van der Waals surface area contributed by atoms with Crippen molar-refractivity contribution in [3.63, 3.8) is 0 Å². The maximum Gasteiger partial charge on any atom is 0.277 e. The van der Waals surface area contributed by atoms with Gasteiger partial charge in [0.25, 0.3) is 5.56 Å². The van der Waals surface area contributed by atoms with Crippen LogP contribution in [0, 0.1) is 0 Å². The van der Waals surface area contributed by atoms with E-state index in [0.717, 1.165) is 0 Å². The maximum absolute atomic E-state index is 11.6. The number of hydrogen-bond donors (Lipinski definition) is 6. The first-order chi connectivity index (χ1) is 7.99. The molecule has 8 heteroatoms. The highest BCUT2D eigenvalue weighted by Crippen LogP contribution is 2.21. The molecule has 94 valence electrons. The van der Waals surface area contributed by atoms with Crippen molar-refractivity contribution < 1.29 is 10.2 Å². The summed E-state index contributed by atoms with van der Waals surface area (Å²) in [7, 11) is 0. The summed E-state index contributed by atoms with van der Waals surface area (Å²) in [5.41, 5.74) is 5.20. The number of aliphatic hydroxyl groups excluding tert-OH is 2. The molecule has 0 saturated carbocycles. The fourth-order valence-corrected chi connectivity index (χ4v) is 1.74. The molecule has 0 fully saturated rings. The Hall–Kier alpha value is -1.80. The van der Waals surface area contributed by atoms with Crippen molar-refractivity contribution in [2.24, 2.45) is 0 Å².